The highest BCUT2D eigenvalue weighted by Crippen LogP contribution is 2.38. The van der Waals surface area contributed by atoms with Gasteiger partial charge in [0.2, 0.25) is 0 Å². The van der Waals surface area contributed by atoms with E-state index in [4.69, 9.17) is 0 Å². The highest BCUT2D eigenvalue weighted by molar-refractivity contribution is 5.58. The fourth-order valence-electron chi connectivity index (χ4n) is 3.49. The third kappa shape index (κ3) is 1.67. The van der Waals surface area contributed by atoms with Crippen LogP contribution >= 0.6 is 0 Å². The van der Waals surface area contributed by atoms with Gasteiger partial charge in [0, 0.05) is 18.5 Å². The van der Waals surface area contributed by atoms with E-state index in [2.05, 4.69) is 47.8 Å². The van der Waals surface area contributed by atoms with E-state index in [9.17, 15) is 5.11 Å². The van der Waals surface area contributed by atoms with Gasteiger partial charge in [-0.15, -0.1) is 0 Å². The van der Waals surface area contributed by atoms with E-state index in [-0.39, 0.29) is 6.04 Å². The second kappa shape index (κ2) is 3.84. The normalized spacial score (nSPS) is 22.7. The third-order valence-electron chi connectivity index (χ3n) is 4.53. The lowest BCUT2D eigenvalue weighted by atomic mass is 9.89. The minimum atomic E-state index is -0.650. The maximum Gasteiger partial charge on any atom is 0.0931 e. The number of anilines is 1. The molecule has 2 N–H and O–H groups in total. The molecule has 19 heavy (non-hydrogen) atoms. The van der Waals surface area contributed by atoms with Crippen LogP contribution in [-0.2, 0) is 19.3 Å². The van der Waals surface area contributed by atoms with Crippen molar-refractivity contribution >= 4 is 5.69 Å². The Morgan fingerprint density at radius 2 is 1.47 bits per heavy atom. The standard InChI is InChI=1S/C17H17NO/c19-17(10-13-6-1-2-7-14(13)11-17)16-9-12-5-3-4-8-15(12)18-16/h1-8,16,18-19H,9-11H2. The lowest BCUT2D eigenvalue weighted by Crippen LogP contribution is -2.46. The Balaban J connectivity index is 1.63. The van der Waals surface area contributed by atoms with Gasteiger partial charge in [-0.3, -0.25) is 0 Å². The molecule has 0 spiro atoms. The zero-order valence-electron chi connectivity index (χ0n) is 10.8. The second-order valence-electron chi connectivity index (χ2n) is 5.78. The molecule has 0 radical (unpaired) electrons. The summed E-state index contributed by atoms with van der Waals surface area (Å²) in [4.78, 5) is 0. The Morgan fingerprint density at radius 1 is 0.895 bits per heavy atom. The van der Waals surface area contributed by atoms with E-state index in [0.29, 0.717) is 0 Å². The van der Waals surface area contributed by atoms with Crippen LogP contribution in [0.1, 0.15) is 16.7 Å². The van der Waals surface area contributed by atoms with Crippen molar-refractivity contribution in [1.29, 1.82) is 0 Å². The maximum atomic E-state index is 11.0. The van der Waals surface area contributed by atoms with Crippen molar-refractivity contribution in [1.82, 2.24) is 0 Å². The number of fused-ring (bicyclic) bond motifs is 2. The minimum absolute atomic E-state index is 0.122. The van der Waals surface area contributed by atoms with Gasteiger partial charge in [-0.2, -0.15) is 0 Å². The fourth-order valence-corrected chi connectivity index (χ4v) is 3.49. The third-order valence-corrected chi connectivity index (χ3v) is 4.53. The summed E-state index contributed by atoms with van der Waals surface area (Å²) >= 11 is 0. The molecule has 0 fully saturated rings. The van der Waals surface area contributed by atoms with Crippen molar-refractivity contribution in [2.24, 2.45) is 0 Å². The van der Waals surface area contributed by atoms with Crippen molar-refractivity contribution in [3.63, 3.8) is 0 Å². The molecule has 2 aromatic carbocycles. The van der Waals surface area contributed by atoms with Crippen molar-refractivity contribution in [2.45, 2.75) is 30.9 Å². The van der Waals surface area contributed by atoms with Crippen LogP contribution in [0.15, 0.2) is 48.5 Å². The van der Waals surface area contributed by atoms with E-state index < -0.39 is 5.60 Å². The molecule has 0 saturated carbocycles. The summed E-state index contributed by atoms with van der Waals surface area (Å²) in [6.07, 6.45) is 2.43. The summed E-state index contributed by atoms with van der Waals surface area (Å²) in [5, 5.41) is 14.5. The molecule has 1 atom stereocenters. The first kappa shape index (κ1) is 11.1. The molecule has 1 aliphatic carbocycles. The smallest absolute Gasteiger partial charge is 0.0931 e. The topological polar surface area (TPSA) is 32.3 Å². The van der Waals surface area contributed by atoms with E-state index in [1.165, 1.54) is 22.4 Å². The number of para-hydroxylation sites is 1. The molecular weight excluding hydrogens is 234 g/mol. The first-order chi connectivity index (χ1) is 9.24. The van der Waals surface area contributed by atoms with Gasteiger partial charge in [-0.05, 0) is 29.2 Å². The summed E-state index contributed by atoms with van der Waals surface area (Å²) in [6.45, 7) is 0. The van der Waals surface area contributed by atoms with Crippen LogP contribution in [0.3, 0.4) is 0 Å². The maximum absolute atomic E-state index is 11.0. The summed E-state index contributed by atoms with van der Waals surface area (Å²) < 4.78 is 0. The first-order valence-electron chi connectivity index (χ1n) is 6.88. The molecule has 0 bridgehead atoms. The molecule has 1 aliphatic heterocycles. The number of aliphatic hydroxyl groups is 1. The van der Waals surface area contributed by atoms with E-state index in [0.717, 1.165) is 19.3 Å². The molecule has 1 unspecified atom stereocenters. The largest absolute Gasteiger partial charge is 0.387 e. The second-order valence-corrected chi connectivity index (χ2v) is 5.78. The highest BCUT2D eigenvalue weighted by atomic mass is 16.3. The van der Waals surface area contributed by atoms with E-state index in [1.54, 1.807) is 0 Å². The summed E-state index contributed by atoms with van der Waals surface area (Å²) in [6, 6.07) is 16.9. The summed E-state index contributed by atoms with van der Waals surface area (Å²) in [7, 11) is 0. The Hall–Kier alpha value is -1.80. The monoisotopic (exact) mass is 251 g/mol. The van der Waals surface area contributed by atoms with Crippen molar-refractivity contribution in [3.8, 4) is 0 Å². The molecule has 0 amide bonds. The molecule has 96 valence electrons. The molecule has 2 heteroatoms. The Bertz CT molecular complexity index is 585. The van der Waals surface area contributed by atoms with Crippen LogP contribution in [0, 0.1) is 0 Å². The van der Waals surface area contributed by atoms with Gasteiger partial charge in [-0.25, -0.2) is 0 Å². The van der Waals surface area contributed by atoms with Gasteiger partial charge < -0.3 is 10.4 Å². The van der Waals surface area contributed by atoms with Gasteiger partial charge in [0.05, 0.1) is 11.6 Å². The molecule has 2 aromatic rings. The number of hydrogen-bond donors (Lipinski definition) is 2. The van der Waals surface area contributed by atoms with Crippen molar-refractivity contribution in [2.75, 3.05) is 5.32 Å². The van der Waals surface area contributed by atoms with Gasteiger partial charge in [-0.1, -0.05) is 42.5 Å². The number of rotatable bonds is 1. The SMILES string of the molecule is OC1(C2Cc3ccccc3N2)Cc2ccccc2C1. The Kier molecular flexibility index (Phi) is 2.24. The molecule has 0 saturated heterocycles. The van der Waals surface area contributed by atoms with E-state index >= 15 is 0 Å². The lowest BCUT2D eigenvalue weighted by Gasteiger charge is -2.30. The Labute approximate surface area is 113 Å². The predicted octanol–water partition coefficient (Wildman–Crippen LogP) is 2.55. The van der Waals surface area contributed by atoms with Crippen LogP contribution in [0.4, 0.5) is 5.69 Å². The zero-order chi connectivity index (χ0) is 12.9. The zero-order valence-corrected chi connectivity index (χ0v) is 10.8. The lowest BCUT2D eigenvalue weighted by molar-refractivity contribution is 0.0332. The molecule has 0 aromatic heterocycles. The van der Waals surface area contributed by atoms with Gasteiger partial charge >= 0.3 is 0 Å². The average molecular weight is 251 g/mol. The molecule has 2 aliphatic rings. The van der Waals surface area contributed by atoms with Gasteiger partial charge in [0.15, 0.2) is 0 Å². The van der Waals surface area contributed by atoms with Crippen LogP contribution in [0.5, 0.6) is 0 Å². The van der Waals surface area contributed by atoms with Gasteiger partial charge in [0.1, 0.15) is 0 Å². The van der Waals surface area contributed by atoms with Gasteiger partial charge in [0.25, 0.3) is 0 Å². The Morgan fingerprint density at radius 3 is 2.11 bits per heavy atom. The van der Waals surface area contributed by atoms with Crippen LogP contribution in [0.2, 0.25) is 0 Å². The van der Waals surface area contributed by atoms with Crippen LogP contribution in [-0.4, -0.2) is 16.7 Å². The fraction of sp³-hybridized carbons (Fsp3) is 0.294. The van der Waals surface area contributed by atoms with E-state index in [1.807, 2.05) is 6.07 Å². The summed E-state index contributed by atoms with van der Waals surface area (Å²) in [5.74, 6) is 0. The quantitative estimate of drug-likeness (QED) is 0.816. The molecule has 4 rings (SSSR count). The number of benzene rings is 2. The number of hydrogen-bond acceptors (Lipinski definition) is 2. The predicted molar refractivity (Wildman–Crippen MR) is 76.4 cm³/mol. The molecule has 1 heterocycles. The average Bonchev–Trinajstić information content (AvgIpc) is 2.98. The minimum Gasteiger partial charge on any atom is -0.387 e. The number of nitrogens with one attached hydrogen (secondary N) is 1. The first-order valence-corrected chi connectivity index (χ1v) is 6.88. The molecular formula is C17H17NO. The summed E-state index contributed by atoms with van der Waals surface area (Å²) in [5.41, 5.74) is 4.43. The highest BCUT2D eigenvalue weighted by Gasteiger charge is 2.44. The van der Waals surface area contributed by atoms with Crippen molar-refractivity contribution < 1.29 is 5.11 Å². The molecule has 2 nitrogen and oxygen atoms in total. The van der Waals surface area contributed by atoms with Crippen molar-refractivity contribution in [3.05, 3.63) is 65.2 Å². The van der Waals surface area contributed by atoms with Crippen LogP contribution < -0.4 is 5.32 Å². The van der Waals surface area contributed by atoms with Crippen LogP contribution in [0.25, 0.3) is 0 Å².